The van der Waals surface area contributed by atoms with Crippen LogP contribution in [0.4, 0.5) is 0 Å². The van der Waals surface area contributed by atoms with Crippen molar-refractivity contribution < 1.29 is 0 Å². The first-order valence-corrected chi connectivity index (χ1v) is 7.51. The van der Waals surface area contributed by atoms with Crippen molar-refractivity contribution in [2.75, 3.05) is 19.6 Å². The number of likely N-dealkylation sites (tertiary alicyclic amines) is 1. The van der Waals surface area contributed by atoms with Gasteiger partial charge in [0.05, 0.1) is 0 Å². The van der Waals surface area contributed by atoms with Crippen LogP contribution >= 0.6 is 0 Å². The van der Waals surface area contributed by atoms with Crippen LogP contribution in [0.2, 0.25) is 0 Å². The normalized spacial score (nSPS) is 29.1. The maximum absolute atomic E-state index is 2.66. The highest BCUT2D eigenvalue weighted by Gasteiger charge is 2.25. The van der Waals surface area contributed by atoms with E-state index in [1.807, 2.05) is 5.57 Å². The van der Waals surface area contributed by atoms with Crippen molar-refractivity contribution in [1.82, 2.24) is 4.90 Å². The molecule has 17 heavy (non-hydrogen) atoms. The van der Waals surface area contributed by atoms with Crippen LogP contribution in [-0.2, 0) is 0 Å². The molecule has 3 aliphatic rings. The Morgan fingerprint density at radius 1 is 1.12 bits per heavy atom. The summed E-state index contributed by atoms with van der Waals surface area (Å²) in [5, 5.41) is 0. The Hall–Kier alpha value is -0.560. The van der Waals surface area contributed by atoms with Gasteiger partial charge in [0, 0.05) is 0 Å². The van der Waals surface area contributed by atoms with E-state index in [1.165, 1.54) is 71.0 Å². The molecule has 0 spiro atoms. The Morgan fingerprint density at radius 3 is 2.82 bits per heavy atom. The summed E-state index contributed by atoms with van der Waals surface area (Å²) in [4.78, 5) is 2.66. The Balaban J connectivity index is 1.44. The molecule has 0 N–H and O–H groups in total. The Bertz CT molecular complexity index is 320. The summed E-state index contributed by atoms with van der Waals surface area (Å²) in [6.07, 6.45) is 15.9. The van der Waals surface area contributed by atoms with Crippen LogP contribution < -0.4 is 0 Å². The lowest BCUT2D eigenvalue weighted by Gasteiger charge is -2.19. The molecule has 2 aliphatic carbocycles. The van der Waals surface area contributed by atoms with Crippen LogP contribution in [-0.4, -0.2) is 24.5 Å². The van der Waals surface area contributed by atoms with Crippen molar-refractivity contribution in [2.45, 2.75) is 51.4 Å². The zero-order chi connectivity index (χ0) is 11.5. The van der Waals surface area contributed by atoms with Crippen LogP contribution in [0.15, 0.2) is 23.3 Å². The lowest BCUT2D eigenvalue weighted by molar-refractivity contribution is 0.320. The van der Waals surface area contributed by atoms with Crippen LogP contribution in [0.1, 0.15) is 51.4 Å². The molecule has 94 valence electrons. The highest BCUT2D eigenvalue weighted by molar-refractivity contribution is 5.30. The summed E-state index contributed by atoms with van der Waals surface area (Å²) in [5.41, 5.74) is 3.62. The molecule has 0 saturated carbocycles. The van der Waals surface area contributed by atoms with Gasteiger partial charge in [-0.15, -0.1) is 0 Å². The van der Waals surface area contributed by atoms with Gasteiger partial charge in [-0.1, -0.05) is 23.3 Å². The van der Waals surface area contributed by atoms with Crippen molar-refractivity contribution in [3.8, 4) is 0 Å². The second kappa shape index (κ2) is 5.39. The molecular weight excluding hydrogens is 206 g/mol. The average Bonchev–Trinajstić information content (AvgIpc) is 2.99. The quantitative estimate of drug-likeness (QED) is 0.663. The van der Waals surface area contributed by atoms with Crippen molar-refractivity contribution in [3.63, 3.8) is 0 Å². The zero-order valence-electron chi connectivity index (χ0n) is 11.0. The van der Waals surface area contributed by atoms with E-state index in [0.717, 1.165) is 5.92 Å². The third-order valence-corrected chi connectivity index (χ3v) is 4.84. The first kappa shape index (κ1) is 11.5. The Morgan fingerprint density at radius 2 is 1.94 bits per heavy atom. The standard InChI is InChI=1S/C16H25N/c1-2-8-16-14(6-1)9-10-15(16)7-5-13-17-11-3-4-12-17/h1-2,15H,3-13H2. The molecule has 0 radical (unpaired) electrons. The molecular formula is C16H25N. The topological polar surface area (TPSA) is 3.24 Å². The molecule has 1 fully saturated rings. The van der Waals surface area contributed by atoms with E-state index in [0.29, 0.717) is 0 Å². The predicted molar refractivity (Wildman–Crippen MR) is 73.0 cm³/mol. The SMILES string of the molecule is C1=CCC2=C(C1)CCC2CCCN1CCCC1. The maximum Gasteiger partial charge on any atom is -0.00183 e. The first-order valence-electron chi connectivity index (χ1n) is 7.51. The van der Waals surface area contributed by atoms with Crippen LogP contribution in [0.5, 0.6) is 0 Å². The van der Waals surface area contributed by atoms with Crippen molar-refractivity contribution >= 4 is 0 Å². The minimum Gasteiger partial charge on any atom is -0.303 e. The Kier molecular flexibility index (Phi) is 3.65. The Labute approximate surface area is 106 Å². The van der Waals surface area contributed by atoms with E-state index >= 15 is 0 Å². The summed E-state index contributed by atoms with van der Waals surface area (Å²) < 4.78 is 0. The van der Waals surface area contributed by atoms with Crippen LogP contribution in [0.3, 0.4) is 0 Å². The van der Waals surface area contributed by atoms with E-state index in [2.05, 4.69) is 17.1 Å². The van der Waals surface area contributed by atoms with Gasteiger partial charge in [-0.25, -0.2) is 0 Å². The van der Waals surface area contributed by atoms with Crippen molar-refractivity contribution in [2.24, 2.45) is 5.92 Å². The molecule has 1 heteroatoms. The van der Waals surface area contributed by atoms with Gasteiger partial charge in [-0.3, -0.25) is 0 Å². The van der Waals surface area contributed by atoms with Crippen LogP contribution in [0.25, 0.3) is 0 Å². The molecule has 1 heterocycles. The van der Waals surface area contributed by atoms with E-state index in [-0.39, 0.29) is 0 Å². The second-order valence-corrected chi connectivity index (χ2v) is 5.94. The smallest absolute Gasteiger partial charge is 0.00183 e. The summed E-state index contributed by atoms with van der Waals surface area (Å²) >= 11 is 0. The van der Waals surface area contributed by atoms with E-state index in [9.17, 15) is 0 Å². The highest BCUT2D eigenvalue weighted by Crippen LogP contribution is 2.40. The first-order chi connectivity index (χ1) is 8.43. The zero-order valence-corrected chi connectivity index (χ0v) is 11.0. The number of nitrogens with zero attached hydrogens (tertiary/aromatic N) is 1. The highest BCUT2D eigenvalue weighted by atomic mass is 15.1. The predicted octanol–water partition coefficient (Wildman–Crippen LogP) is 3.92. The van der Waals surface area contributed by atoms with Crippen molar-refractivity contribution in [1.29, 1.82) is 0 Å². The molecule has 1 unspecified atom stereocenters. The molecule has 1 atom stereocenters. The summed E-state index contributed by atoms with van der Waals surface area (Å²) in [6.45, 7) is 4.08. The molecule has 0 amide bonds. The molecule has 0 aromatic rings. The third kappa shape index (κ3) is 2.65. The lowest BCUT2D eigenvalue weighted by atomic mass is 9.90. The van der Waals surface area contributed by atoms with Gasteiger partial charge >= 0.3 is 0 Å². The fourth-order valence-electron chi connectivity index (χ4n) is 3.84. The number of hydrogen-bond donors (Lipinski definition) is 0. The number of allylic oxidation sites excluding steroid dienone is 4. The average molecular weight is 231 g/mol. The molecule has 0 bridgehead atoms. The number of rotatable bonds is 4. The second-order valence-electron chi connectivity index (χ2n) is 5.94. The van der Waals surface area contributed by atoms with Crippen LogP contribution in [0, 0.1) is 5.92 Å². The number of hydrogen-bond acceptors (Lipinski definition) is 1. The summed E-state index contributed by atoms with van der Waals surface area (Å²) in [7, 11) is 0. The van der Waals surface area contributed by atoms with E-state index in [4.69, 9.17) is 0 Å². The van der Waals surface area contributed by atoms with Gasteiger partial charge in [0.15, 0.2) is 0 Å². The minimum atomic E-state index is 0.942. The van der Waals surface area contributed by atoms with Gasteiger partial charge in [-0.2, -0.15) is 0 Å². The summed E-state index contributed by atoms with van der Waals surface area (Å²) in [6, 6.07) is 0. The van der Waals surface area contributed by atoms with Gasteiger partial charge < -0.3 is 4.90 Å². The van der Waals surface area contributed by atoms with Crippen molar-refractivity contribution in [3.05, 3.63) is 23.3 Å². The lowest BCUT2D eigenvalue weighted by Crippen LogP contribution is -2.21. The molecule has 1 nitrogen and oxygen atoms in total. The fraction of sp³-hybridized carbons (Fsp3) is 0.750. The van der Waals surface area contributed by atoms with Gasteiger partial charge in [-0.05, 0) is 76.9 Å². The molecule has 0 aromatic heterocycles. The molecule has 1 saturated heterocycles. The maximum atomic E-state index is 2.66. The molecule has 3 rings (SSSR count). The molecule has 1 aliphatic heterocycles. The van der Waals surface area contributed by atoms with Gasteiger partial charge in [0.2, 0.25) is 0 Å². The van der Waals surface area contributed by atoms with E-state index in [1.54, 1.807) is 5.57 Å². The summed E-state index contributed by atoms with van der Waals surface area (Å²) in [5.74, 6) is 0.942. The largest absolute Gasteiger partial charge is 0.303 e. The third-order valence-electron chi connectivity index (χ3n) is 4.84. The van der Waals surface area contributed by atoms with E-state index < -0.39 is 0 Å². The molecule has 0 aromatic carbocycles. The fourth-order valence-corrected chi connectivity index (χ4v) is 3.84. The minimum absolute atomic E-state index is 0.942. The van der Waals surface area contributed by atoms with Gasteiger partial charge in [0.25, 0.3) is 0 Å². The van der Waals surface area contributed by atoms with Gasteiger partial charge in [0.1, 0.15) is 0 Å². The monoisotopic (exact) mass is 231 g/mol.